The minimum Gasteiger partial charge on any atom is -0.480 e. The van der Waals surface area contributed by atoms with Crippen molar-refractivity contribution in [2.45, 2.75) is 76.2 Å². The van der Waals surface area contributed by atoms with Gasteiger partial charge in [0.15, 0.2) is 0 Å². The summed E-state index contributed by atoms with van der Waals surface area (Å²) in [4.78, 5) is 23.8. The normalized spacial score (nSPS) is 23.8. The number of aryl methyl sites for hydroxylation is 1. The Hall–Kier alpha value is -2.61. The monoisotopic (exact) mass is 589 g/mol. The Labute approximate surface area is 253 Å². The van der Waals surface area contributed by atoms with Crippen molar-refractivity contribution in [2.75, 3.05) is 32.7 Å². The Morgan fingerprint density at radius 1 is 1.00 bits per heavy atom. The maximum Gasteiger partial charge on any atom is 0.321 e. The summed E-state index contributed by atoms with van der Waals surface area (Å²) >= 11 is 1.83. The number of aliphatic carboxylic acids is 1. The summed E-state index contributed by atoms with van der Waals surface area (Å²) in [6.07, 6.45) is 8.67. The average Bonchev–Trinajstić information content (AvgIpc) is 3.58. The van der Waals surface area contributed by atoms with Gasteiger partial charge in [0.1, 0.15) is 11.9 Å². The fourth-order valence-electron chi connectivity index (χ4n) is 7.91. The highest BCUT2D eigenvalue weighted by atomic mass is 32.1. The van der Waals surface area contributed by atoms with Crippen LogP contribution in [-0.2, 0) is 11.2 Å². The molecule has 0 bridgehead atoms. The maximum atomic E-state index is 13.3. The Morgan fingerprint density at radius 2 is 1.71 bits per heavy atom. The van der Waals surface area contributed by atoms with E-state index in [9.17, 15) is 14.3 Å². The molecular weight excluding hydrogens is 545 g/mol. The second-order valence-electron chi connectivity index (χ2n) is 12.8. The molecule has 0 spiro atoms. The fourth-order valence-corrected chi connectivity index (χ4v) is 9.18. The number of carboxylic acids is 1. The number of nitrogens with zero attached hydrogens (tertiary/aromatic N) is 3. The van der Waals surface area contributed by atoms with Crippen molar-refractivity contribution in [3.05, 3.63) is 87.1 Å². The van der Waals surface area contributed by atoms with Gasteiger partial charge < -0.3 is 10.0 Å². The first kappa shape index (κ1) is 29.5. The van der Waals surface area contributed by atoms with Gasteiger partial charge in [0.25, 0.3) is 0 Å². The summed E-state index contributed by atoms with van der Waals surface area (Å²) in [7, 11) is 0. The van der Waals surface area contributed by atoms with Gasteiger partial charge in [0.2, 0.25) is 0 Å². The lowest BCUT2D eigenvalue weighted by atomic mass is 9.83. The molecule has 2 saturated heterocycles. The minimum absolute atomic E-state index is 0.201. The largest absolute Gasteiger partial charge is 0.480 e. The first-order valence-electron chi connectivity index (χ1n) is 15.9. The van der Waals surface area contributed by atoms with Gasteiger partial charge in [-0.3, -0.25) is 9.69 Å². The zero-order chi connectivity index (χ0) is 29.1. The zero-order valence-electron chi connectivity index (χ0n) is 24.8. The molecule has 5 nitrogen and oxygen atoms in total. The lowest BCUT2D eigenvalue weighted by Crippen LogP contribution is -2.46. The van der Waals surface area contributed by atoms with Crippen LogP contribution in [0.15, 0.2) is 54.6 Å². The molecule has 3 aromatic rings. The van der Waals surface area contributed by atoms with E-state index in [0.29, 0.717) is 17.8 Å². The number of rotatable bonds is 9. The molecular formula is C35H44FN3O2S. The number of benzene rings is 2. The van der Waals surface area contributed by atoms with E-state index < -0.39 is 5.97 Å². The quantitative estimate of drug-likeness (QED) is 0.288. The SMILES string of the molecule is Cc1nc(Cc2ccc(F)cc2)sc1C1CCN(C[C@H]2CN([C@@H](C(=O)O)C3CCCCC3)C[C@@H]2c2ccccc2)CC1. The number of hydrogen-bond acceptors (Lipinski definition) is 5. The van der Waals surface area contributed by atoms with E-state index in [0.717, 1.165) is 93.9 Å². The van der Waals surface area contributed by atoms with Crippen LogP contribution in [0.1, 0.15) is 83.5 Å². The van der Waals surface area contributed by atoms with Crippen molar-refractivity contribution in [3.63, 3.8) is 0 Å². The Morgan fingerprint density at radius 3 is 2.40 bits per heavy atom. The molecule has 3 heterocycles. The number of piperidine rings is 1. The van der Waals surface area contributed by atoms with Crippen LogP contribution in [0.2, 0.25) is 0 Å². The number of halogens is 1. The minimum atomic E-state index is -0.631. The predicted octanol–water partition coefficient (Wildman–Crippen LogP) is 7.11. The van der Waals surface area contributed by atoms with Crippen molar-refractivity contribution >= 4 is 17.3 Å². The summed E-state index contributed by atoms with van der Waals surface area (Å²) in [6.45, 7) is 7.01. The summed E-state index contributed by atoms with van der Waals surface area (Å²) in [5.74, 6) is 0.780. The smallest absolute Gasteiger partial charge is 0.321 e. The highest BCUT2D eigenvalue weighted by molar-refractivity contribution is 7.11. The van der Waals surface area contributed by atoms with E-state index in [2.05, 4.69) is 47.1 Å². The molecule has 42 heavy (non-hydrogen) atoms. The molecule has 1 saturated carbocycles. The zero-order valence-corrected chi connectivity index (χ0v) is 25.6. The number of hydrogen-bond donors (Lipinski definition) is 1. The summed E-state index contributed by atoms with van der Waals surface area (Å²) < 4.78 is 13.3. The highest BCUT2D eigenvalue weighted by Gasteiger charge is 2.43. The van der Waals surface area contributed by atoms with E-state index in [1.807, 2.05) is 23.5 Å². The van der Waals surface area contributed by atoms with Gasteiger partial charge in [-0.05, 0) is 86.7 Å². The Kier molecular flexibility index (Phi) is 9.37. The van der Waals surface area contributed by atoms with Gasteiger partial charge in [0.05, 0.1) is 10.7 Å². The third-order valence-corrected chi connectivity index (χ3v) is 11.4. The van der Waals surface area contributed by atoms with Gasteiger partial charge in [-0.25, -0.2) is 9.37 Å². The van der Waals surface area contributed by atoms with Crippen LogP contribution in [0.5, 0.6) is 0 Å². The molecule has 1 aromatic heterocycles. The van der Waals surface area contributed by atoms with Gasteiger partial charge in [0, 0.05) is 36.9 Å². The molecule has 1 N–H and O–H groups in total. The second kappa shape index (κ2) is 13.4. The van der Waals surface area contributed by atoms with Crippen molar-refractivity contribution in [1.29, 1.82) is 0 Å². The van der Waals surface area contributed by atoms with E-state index in [1.54, 1.807) is 0 Å². The van der Waals surface area contributed by atoms with E-state index in [1.165, 1.54) is 29.0 Å². The molecule has 6 rings (SSSR count). The lowest BCUT2D eigenvalue weighted by molar-refractivity contribution is -0.145. The number of thiazole rings is 1. The van der Waals surface area contributed by atoms with Crippen LogP contribution < -0.4 is 0 Å². The summed E-state index contributed by atoms with van der Waals surface area (Å²) in [5, 5.41) is 11.4. The van der Waals surface area contributed by atoms with Crippen molar-refractivity contribution in [1.82, 2.24) is 14.8 Å². The van der Waals surface area contributed by atoms with E-state index in [-0.39, 0.29) is 17.8 Å². The maximum absolute atomic E-state index is 13.3. The molecule has 2 aliphatic heterocycles. The Bertz CT molecular complexity index is 1320. The van der Waals surface area contributed by atoms with Crippen LogP contribution in [-0.4, -0.2) is 64.6 Å². The standard InChI is InChI=1S/C35H44FN3O2S/c1-24-34(42-32(37-24)20-25-12-14-30(36)15-13-25)28-16-18-38(19-17-28)21-29-22-39(23-31(29)26-8-4-2-5-9-26)33(35(40)41)27-10-6-3-7-11-27/h2,4-5,8-9,12-15,27-29,31,33H,3,6-7,10-11,16-23H2,1H3,(H,40,41)/t29-,31+,33+/m0/s1. The molecule has 0 radical (unpaired) electrons. The fraction of sp³-hybridized carbons (Fsp3) is 0.543. The van der Waals surface area contributed by atoms with Crippen molar-refractivity contribution in [2.24, 2.45) is 11.8 Å². The lowest BCUT2D eigenvalue weighted by Gasteiger charge is -2.35. The molecule has 224 valence electrons. The van der Waals surface area contributed by atoms with E-state index >= 15 is 0 Å². The molecule has 7 heteroatoms. The predicted molar refractivity (Wildman–Crippen MR) is 167 cm³/mol. The molecule has 3 fully saturated rings. The third kappa shape index (κ3) is 6.79. The molecule has 3 atom stereocenters. The van der Waals surface area contributed by atoms with Gasteiger partial charge in [-0.1, -0.05) is 61.7 Å². The van der Waals surface area contributed by atoms with Crippen LogP contribution in [0, 0.1) is 24.6 Å². The van der Waals surface area contributed by atoms with Crippen LogP contribution in [0.4, 0.5) is 4.39 Å². The molecule has 1 aliphatic carbocycles. The van der Waals surface area contributed by atoms with Crippen LogP contribution in [0.3, 0.4) is 0 Å². The topological polar surface area (TPSA) is 56.7 Å². The van der Waals surface area contributed by atoms with Crippen LogP contribution >= 0.6 is 11.3 Å². The second-order valence-corrected chi connectivity index (χ2v) is 14.0. The number of aromatic nitrogens is 1. The summed E-state index contributed by atoms with van der Waals surface area (Å²) in [5.41, 5.74) is 3.59. The molecule has 0 unspecified atom stereocenters. The van der Waals surface area contributed by atoms with Gasteiger partial charge in [-0.2, -0.15) is 0 Å². The number of carbonyl (C=O) groups is 1. The first-order chi connectivity index (χ1) is 20.4. The third-order valence-electron chi connectivity index (χ3n) is 10.0. The first-order valence-corrected chi connectivity index (χ1v) is 16.7. The molecule has 0 amide bonds. The number of carboxylic acid groups (broad SMARTS) is 1. The van der Waals surface area contributed by atoms with Crippen LogP contribution in [0.25, 0.3) is 0 Å². The average molecular weight is 590 g/mol. The molecule has 2 aromatic carbocycles. The number of likely N-dealkylation sites (tertiary alicyclic amines) is 2. The van der Waals surface area contributed by atoms with E-state index in [4.69, 9.17) is 4.98 Å². The van der Waals surface area contributed by atoms with Crippen molar-refractivity contribution in [3.8, 4) is 0 Å². The summed E-state index contributed by atoms with van der Waals surface area (Å²) in [6, 6.07) is 17.2. The van der Waals surface area contributed by atoms with Gasteiger partial charge >= 0.3 is 5.97 Å². The van der Waals surface area contributed by atoms with Gasteiger partial charge in [-0.15, -0.1) is 11.3 Å². The van der Waals surface area contributed by atoms with Crippen molar-refractivity contribution < 1.29 is 14.3 Å². The highest BCUT2D eigenvalue weighted by Crippen LogP contribution is 2.40. The molecule has 3 aliphatic rings. The Balaban J connectivity index is 1.10.